The van der Waals surface area contributed by atoms with Gasteiger partial charge in [-0.3, -0.25) is 4.72 Å². The molecule has 2 aromatic rings. The molecule has 0 radical (unpaired) electrons. The topological polar surface area (TPSA) is 133 Å². The average Bonchev–Trinajstić information content (AvgIpc) is 2.79. The fraction of sp³-hybridized carbons (Fsp3) is 0.364. The number of nitrogens with one attached hydrogen (secondary N) is 1. The molecule has 35 heavy (non-hydrogen) atoms. The van der Waals surface area contributed by atoms with Crippen LogP contribution in [0.25, 0.3) is 0 Å². The van der Waals surface area contributed by atoms with Crippen LogP contribution < -0.4 is 9.62 Å². The second kappa shape index (κ2) is 11.4. The first-order valence-corrected chi connectivity index (χ1v) is 11.8. The molecule has 0 unspecified atom stereocenters. The van der Waals surface area contributed by atoms with Gasteiger partial charge in [0.2, 0.25) is 0 Å². The van der Waals surface area contributed by atoms with E-state index < -0.39 is 28.1 Å². The third-order valence-electron chi connectivity index (χ3n) is 4.94. The molecule has 0 saturated carbocycles. The quantitative estimate of drug-likeness (QED) is 0.526. The SMILES string of the molecule is CC(C)c1ccc(S(=O)(=O)Nc2cc(C(=O)O)ccc2N2CCOCC2)cc1.O=C(O)C(F)(F)F. The van der Waals surface area contributed by atoms with E-state index in [4.69, 9.17) is 14.6 Å². The summed E-state index contributed by atoms with van der Waals surface area (Å²) in [5, 5.41) is 16.4. The van der Waals surface area contributed by atoms with Gasteiger partial charge in [0.05, 0.1) is 35.0 Å². The lowest BCUT2D eigenvalue weighted by Crippen LogP contribution is -2.36. The van der Waals surface area contributed by atoms with Gasteiger partial charge in [0.15, 0.2) is 0 Å². The van der Waals surface area contributed by atoms with Crippen LogP contribution in [0.15, 0.2) is 47.4 Å². The smallest absolute Gasteiger partial charge is 0.478 e. The molecule has 0 spiro atoms. The lowest BCUT2D eigenvalue weighted by Gasteiger charge is -2.30. The number of morpholine rings is 1. The first-order chi connectivity index (χ1) is 16.2. The van der Waals surface area contributed by atoms with Crippen LogP contribution in [-0.4, -0.2) is 63.0 Å². The molecule has 9 nitrogen and oxygen atoms in total. The summed E-state index contributed by atoms with van der Waals surface area (Å²) in [6.45, 7) is 6.34. The largest absolute Gasteiger partial charge is 0.490 e. The Morgan fingerprint density at radius 2 is 1.57 bits per heavy atom. The van der Waals surface area contributed by atoms with Gasteiger partial charge in [-0.2, -0.15) is 13.2 Å². The van der Waals surface area contributed by atoms with Gasteiger partial charge in [0.25, 0.3) is 10.0 Å². The lowest BCUT2D eigenvalue weighted by atomic mass is 10.0. The van der Waals surface area contributed by atoms with E-state index in [1.807, 2.05) is 18.7 Å². The number of aliphatic carboxylic acids is 1. The summed E-state index contributed by atoms with van der Waals surface area (Å²) in [7, 11) is -3.86. The molecule has 0 bridgehead atoms. The maximum absolute atomic E-state index is 12.9. The second-order valence-electron chi connectivity index (χ2n) is 7.77. The summed E-state index contributed by atoms with van der Waals surface area (Å²) in [4.78, 5) is 22.4. The van der Waals surface area contributed by atoms with Crippen molar-refractivity contribution in [2.24, 2.45) is 0 Å². The van der Waals surface area contributed by atoms with Gasteiger partial charge in [-0.25, -0.2) is 18.0 Å². The summed E-state index contributed by atoms with van der Waals surface area (Å²) in [6, 6.07) is 11.2. The minimum absolute atomic E-state index is 0.0184. The zero-order valence-corrected chi connectivity index (χ0v) is 19.7. The first-order valence-electron chi connectivity index (χ1n) is 10.4. The van der Waals surface area contributed by atoms with Crippen LogP contribution in [0.3, 0.4) is 0 Å². The summed E-state index contributed by atoms with van der Waals surface area (Å²) >= 11 is 0. The van der Waals surface area contributed by atoms with E-state index in [2.05, 4.69) is 4.72 Å². The molecule has 1 aliphatic heterocycles. The molecule has 0 amide bonds. The van der Waals surface area contributed by atoms with Crippen LogP contribution >= 0.6 is 0 Å². The van der Waals surface area contributed by atoms with Crippen molar-refractivity contribution in [2.75, 3.05) is 35.9 Å². The monoisotopic (exact) mass is 518 g/mol. The predicted molar refractivity (Wildman–Crippen MR) is 121 cm³/mol. The van der Waals surface area contributed by atoms with Crippen molar-refractivity contribution >= 4 is 33.3 Å². The number of hydrogen-bond acceptors (Lipinski definition) is 6. The number of benzene rings is 2. The molecule has 3 N–H and O–H groups in total. The lowest BCUT2D eigenvalue weighted by molar-refractivity contribution is -0.192. The molecule has 0 aromatic heterocycles. The summed E-state index contributed by atoms with van der Waals surface area (Å²) in [5.74, 6) is -3.58. The Kier molecular flexibility index (Phi) is 9.10. The first kappa shape index (κ1) is 27.9. The van der Waals surface area contributed by atoms with Crippen LogP contribution in [0.5, 0.6) is 0 Å². The number of aromatic carboxylic acids is 1. The van der Waals surface area contributed by atoms with Crippen molar-refractivity contribution in [3.05, 3.63) is 53.6 Å². The zero-order valence-electron chi connectivity index (χ0n) is 18.9. The number of ether oxygens (including phenoxy) is 1. The number of rotatable bonds is 6. The maximum atomic E-state index is 12.9. The number of carboxylic acid groups (broad SMARTS) is 2. The fourth-order valence-electron chi connectivity index (χ4n) is 3.07. The highest BCUT2D eigenvalue weighted by Gasteiger charge is 2.38. The van der Waals surface area contributed by atoms with E-state index in [1.54, 1.807) is 30.3 Å². The zero-order chi connectivity index (χ0) is 26.4. The van der Waals surface area contributed by atoms with E-state index in [1.165, 1.54) is 12.1 Å². The van der Waals surface area contributed by atoms with Crippen molar-refractivity contribution in [3.63, 3.8) is 0 Å². The van der Waals surface area contributed by atoms with Crippen molar-refractivity contribution in [1.29, 1.82) is 0 Å². The number of hydrogen-bond donors (Lipinski definition) is 3. The summed E-state index contributed by atoms with van der Waals surface area (Å²) in [5.41, 5.74) is 1.94. The van der Waals surface area contributed by atoms with Gasteiger partial charge in [0, 0.05) is 13.1 Å². The highest BCUT2D eigenvalue weighted by Crippen LogP contribution is 2.30. The van der Waals surface area contributed by atoms with E-state index in [0.717, 1.165) is 5.56 Å². The van der Waals surface area contributed by atoms with Crippen LogP contribution in [-0.2, 0) is 19.6 Å². The Bertz CT molecular complexity index is 1140. The van der Waals surface area contributed by atoms with Crippen LogP contribution in [0.2, 0.25) is 0 Å². The predicted octanol–water partition coefficient (Wildman–Crippen LogP) is 3.78. The highest BCUT2D eigenvalue weighted by molar-refractivity contribution is 7.92. The van der Waals surface area contributed by atoms with E-state index >= 15 is 0 Å². The number of carbonyl (C=O) groups is 2. The summed E-state index contributed by atoms with van der Waals surface area (Å²) in [6.07, 6.45) is -5.08. The molecule has 3 rings (SSSR count). The Morgan fingerprint density at radius 1 is 1.03 bits per heavy atom. The Morgan fingerprint density at radius 3 is 2.03 bits per heavy atom. The normalized spacial score (nSPS) is 14.2. The number of carboxylic acids is 2. The molecule has 2 aromatic carbocycles. The molecular weight excluding hydrogens is 493 g/mol. The molecule has 1 saturated heterocycles. The number of halogens is 3. The molecule has 0 atom stereocenters. The standard InChI is InChI=1S/C20H24N2O5S.C2HF3O2/c1-14(2)15-3-6-17(7-4-15)28(25,26)21-18-13-16(20(23)24)5-8-19(18)22-9-11-27-12-10-22;3-2(4,5)1(6)7/h3-8,13-14,21H,9-12H2,1-2H3,(H,23,24);(H,6,7). The van der Waals surface area contributed by atoms with Gasteiger partial charge in [-0.05, 0) is 41.8 Å². The number of sulfonamides is 1. The number of anilines is 2. The Balaban J connectivity index is 0.000000540. The molecule has 192 valence electrons. The summed E-state index contributed by atoms with van der Waals surface area (Å²) < 4.78 is 65.5. The van der Waals surface area contributed by atoms with Crippen LogP contribution in [0.1, 0.15) is 35.7 Å². The Labute approximate surface area is 200 Å². The van der Waals surface area contributed by atoms with Gasteiger partial charge in [-0.15, -0.1) is 0 Å². The molecular formula is C22H25F3N2O7S. The average molecular weight is 519 g/mol. The minimum Gasteiger partial charge on any atom is -0.478 e. The van der Waals surface area contributed by atoms with Crippen molar-refractivity contribution < 1.29 is 46.1 Å². The highest BCUT2D eigenvalue weighted by atomic mass is 32.2. The minimum atomic E-state index is -5.08. The van der Waals surface area contributed by atoms with Crippen LogP contribution in [0, 0.1) is 0 Å². The third kappa shape index (κ3) is 7.86. The molecule has 1 fully saturated rings. The molecule has 0 aliphatic carbocycles. The molecule has 13 heteroatoms. The Hall–Kier alpha value is -3.32. The maximum Gasteiger partial charge on any atom is 0.490 e. The van der Waals surface area contributed by atoms with Crippen molar-refractivity contribution in [2.45, 2.75) is 30.8 Å². The van der Waals surface area contributed by atoms with E-state index in [0.29, 0.717) is 37.9 Å². The van der Waals surface area contributed by atoms with Gasteiger partial charge in [-0.1, -0.05) is 26.0 Å². The fourth-order valence-corrected chi connectivity index (χ4v) is 4.13. The molecule has 1 aliphatic rings. The van der Waals surface area contributed by atoms with Gasteiger partial charge in [0.1, 0.15) is 0 Å². The third-order valence-corrected chi connectivity index (χ3v) is 6.32. The van der Waals surface area contributed by atoms with Gasteiger partial charge < -0.3 is 19.8 Å². The van der Waals surface area contributed by atoms with Gasteiger partial charge >= 0.3 is 18.1 Å². The number of alkyl halides is 3. The number of nitrogens with zero attached hydrogens (tertiary/aromatic N) is 1. The van der Waals surface area contributed by atoms with E-state index in [9.17, 15) is 31.5 Å². The second-order valence-corrected chi connectivity index (χ2v) is 9.45. The molecule has 1 heterocycles. The van der Waals surface area contributed by atoms with E-state index in [-0.39, 0.29) is 16.1 Å². The van der Waals surface area contributed by atoms with Crippen molar-refractivity contribution in [3.8, 4) is 0 Å². The van der Waals surface area contributed by atoms with Crippen molar-refractivity contribution in [1.82, 2.24) is 0 Å². The van der Waals surface area contributed by atoms with Crippen LogP contribution in [0.4, 0.5) is 24.5 Å².